The van der Waals surface area contributed by atoms with Crippen LogP contribution in [0.15, 0.2) is 70.9 Å². The molecule has 0 heterocycles. The van der Waals surface area contributed by atoms with Crippen LogP contribution >= 0.6 is 0 Å². The van der Waals surface area contributed by atoms with Crippen molar-refractivity contribution in [1.82, 2.24) is 0 Å². The van der Waals surface area contributed by atoms with E-state index in [0.717, 1.165) is 12.1 Å². The number of rotatable bonds is 8. The minimum absolute atomic E-state index is 0.113. The van der Waals surface area contributed by atoms with Crippen LogP contribution < -0.4 is 9.47 Å². The van der Waals surface area contributed by atoms with E-state index in [1.54, 1.807) is 0 Å². The largest absolute Gasteiger partial charge is 0.497 e. The smallest absolute Gasteiger partial charge is 0.249 e. The van der Waals surface area contributed by atoms with Crippen LogP contribution in [0.5, 0.6) is 11.5 Å². The summed E-state index contributed by atoms with van der Waals surface area (Å²) in [4.78, 5) is 56.7. The molecule has 2 amide bonds. The number of ether oxygens (including phenoxy) is 2. The van der Waals surface area contributed by atoms with Crippen molar-refractivity contribution in [1.29, 1.82) is 0 Å². The predicted molar refractivity (Wildman–Crippen MR) is 126 cm³/mol. The molecule has 0 aliphatic heterocycles. The summed E-state index contributed by atoms with van der Waals surface area (Å²) in [6.45, 7) is 0. The number of hydrogen-bond acceptors (Lipinski definition) is 6. The fourth-order valence-electron chi connectivity index (χ4n) is 3.31. The number of amides is 2. The predicted octanol–water partition coefficient (Wildman–Crippen LogP) is 5.07. The lowest BCUT2D eigenvalue weighted by Crippen LogP contribution is -2.16. The van der Waals surface area contributed by atoms with Gasteiger partial charge in [0, 0.05) is 43.2 Å². The van der Waals surface area contributed by atoms with E-state index in [0.29, 0.717) is 11.5 Å². The van der Waals surface area contributed by atoms with Crippen molar-refractivity contribution < 1.29 is 28.7 Å². The lowest BCUT2D eigenvalue weighted by Gasteiger charge is -2.13. The molecule has 0 aliphatic rings. The molecule has 36 heavy (non-hydrogen) atoms. The van der Waals surface area contributed by atoms with Crippen molar-refractivity contribution in [2.45, 2.75) is 0 Å². The van der Waals surface area contributed by atoms with Crippen LogP contribution in [0.2, 0.25) is 0 Å². The third kappa shape index (κ3) is 5.20. The molecule has 0 radical (unpaired) electrons. The Morgan fingerprint density at radius 2 is 0.944 bits per heavy atom. The summed E-state index contributed by atoms with van der Waals surface area (Å²) < 4.78 is 10.1. The fraction of sp³-hybridized carbons (Fsp3) is 0.0833. The highest BCUT2D eigenvalue weighted by molar-refractivity contribution is 6.21. The summed E-state index contributed by atoms with van der Waals surface area (Å²) >= 11 is 0. The van der Waals surface area contributed by atoms with Gasteiger partial charge in [-0.05, 0) is 82.0 Å². The standard InChI is InChI=1S/C24H16N6O6/c1-35-15-7-3-13(4-8-15)21(31)17-11-20(24(34)28-30-26)18(12-19(17)23(33)27-29-25)22(32)14-5-9-16(36-2)10-6-14/h3-12H,1-2H3. The first-order chi connectivity index (χ1) is 17.3. The molecule has 0 aromatic heterocycles. The van der Waals surface area contributed by atoms with Crippen LogP contribution in [0.4, 0.5) is 0 Å². The molecule has 12 heteroatoms. The van der Waals surface area contributed by atoms with Crippen molar-refractivity contribution in [3.63, 3.8) is 0 Å². The lowest BCUT2D eigenvalue weighted by molar-refractivity contribution is 0.0970. The number of methoxy groups -OCH3 is 2. The second-order valence-electron chi connectivity index (χ2n) is 7.05. The van der Waals surface area contributed by atoms with E-state index in [-0.39, 0.29) is 22.3 Å². The molecular formula is C24H16N6O6. The summed E-state index contributed by atoms with van der Waals surface area (Å²) in [5.41, 5.74) is 16.3. The van der Waals surface area contributed by atoms with Gasteiger partial charge in [-0.3, -0.25) is 19.2 Å². The zero-order chi connectivity index (χ0) is 26.2. The average Bonchev–Trinajstić information content (AvgIpc) is 2.91. The van der Waals surface area contributed by atoms with E-state index in [1.807, 2.05) is 0 Å². The third-order valence-corrected chi connectivity index (χ3v) is 5.08. The SMILES string of the molecule is COc1ccc(C(=O)c2cc(C(=O)N=[N+]=[N-])c(C(=O)c3ccc(OC)cc3)cc2C(=O)N=[N+]=[N-])cc1. The highest BCUT2D eigenvalue weighted by Gasteiger charge is 2.26. The number of carbonyl (C=O) groups excluding carboxylic acids is 4. The summed E-state index contributed by atoms with van der Waals surface area (Å²) in [7, 11) is 2.89. The molecule has 0 spiro atoms. The second kappa shape index (κ2) is 11.1. The molecular weight excluding hydrogens is 468 g/mol. The van der Waals surface area contributed by atoms with E-state index < -0.39 is 34.5 Å². The lowest BCUT2D eigenvalue weighted by atomic mass is 9.89. The summed E-state index contributed by atoms with van der Waals surface area (Å²) in [5.74, 6) is -2.80. The third-order valence-electron chi connectivity index (χ3n) is 5.08. The molecule has 12 nitrogen and oxygen atoms in total. The molecule has 3 aromatic carbocycles. The summed E-state index contributed by atoms with van der Waals surface area (Å²) in [5, 5.41) is 6.08. The highest BCUT2D eigenvalue weighted by Crippen LogP contribution is 2.26. The van der Waals surface area contributed by atoms with Crippen LogP contribution in [0.1, 0.15) is 52.6 Å². The second-order valence-corrected chi connectivity index (χ2v) is 7.05. The first-order valence-electron chi connectivity index (χ1n) is 10.1. The minimum Gasteiger partial charge on any atom is -0.497 e. The molecule has 3 rings (SSSR count). The van der Waals surface area contributed by atoms with E-state index in [2.05, 4.69) is 20.1 Å². The number of carbonyl (C=O) groups is 4. The average molecular weight is 484 g/mol. The highest BCUT2D eigenvalue weighted by atomic mass is 16.5. The molecule has 0 saturated heterocycles. The van der Waals surface area contributed by atoms with Gasteiger partial charge >= 0.3 is 0 Å². The van der Waals surface area contributed by atoms with Gasteiger partial charge in [0.1, 0.15) is 11.5 Å². The molecule has 0 atom stereocenters. The number of ketones is 2. The zero-order valence-corrected chi connectivity index (χ0v) is 18.9. The fourth-order valence-corrected chi connectivity index (χ4v) is 3.31. The maximum Gasteiger partial charge on any atom is 0.249 e. The van der Waals surface area contributed by atoms with Crippen LogP contribution in [0.3, 0.4) is 0 Å². The molecule has 0 N–H and O–H groups in total. The maximum absolute atomic E-state index is 13.3. The Morgan fingerprint density at radius 3 is 1.22 bits per heavy atom. The quantitative estimate of drug-likeness (QED) is 0.186. The molecule has 3 aromatic rings. The molecule has 0 fully saturated rings. The number of nitrogens with zero attached hydrogens (tertiary/aromatic N) is 6. The molecule has 178 valence electrons. The normalized spacial score (nSPS) is 9.83. The number of azide groups is 2. The van der Waals surface area contributed by atoms with E-state index in [9.17, 15) is 19.2 Å². The Hall–Kier alpha value is -5.44. The molecule has 0 aliphatic carbocycles. The first-order valence-corrected chi connectivity index (χ1v) is 10.1. The van der Waals surface area contributed by atoms with E-state index >= 15 is 0 Å². The number of benzene rings is 3. The van der Waals surface area contributed by atoms with Gasteiger partial charge < -0.3 is 9.47 Å². The van der Waals surface area contributed by atoms with Crippen molar-refractivity contribution in [3.05, 3.63) is 115 Å². The monoisotopic (exact) mass is 484 g/mol. The van der Waals surface area contributed by atoms with Gasteiger partial charge in [-0.2, -0.15) is 0 Å². The van der Waals surface area contributed by atoms with Gasteiger partial charge in [-0.25, -0.2) is 0 Å². The van der Waals surface area contributed by atoms with Crippen molar-refractivity contribution in [2.24, 2.45) is 10.2 Å². The van der Waals surface area contributed by atoms with Gasteiger partial charge in [0.2, 0.25) is 11.8 Å². The summed E-state index contributed by atoms with van der Waals surface area (Å²) in [6, 6.07) is 13.7. The Labute approximate surface area is 203 Å². The Morgan fingerprint density at radius 1 is 0.611 bits per heavy atom. The van der Waals surface area contributed by atoms with E-state index in [4.69, 9.17) is 20.5 Å². The van der Waals surface area contributed by atoms with Crippen molar-refractivity contribution >= 4 is 23.4 Å². The van der Waals surface area contributed by atoms with Crippen molar-refractivity contribution in [2.75, 3.05) is 14.2 Å². The maximum atomic E-state index is 13.3. The van der Waals surface area contributed by atoms with Crippen LogP contribution in [0.25, 0.3) is 20.9 Å². The topological polar surface area (TPSA) is 184 Å². The molecule has 0 bridgehead atoms. The minimum atomic E-state index is -1.15. The Kier molecular flexibility index (Phi) is 7.78. The first kappa shape index (κ1) is 25.2. The van der Waals surface area contributed by atoms with Gasteiger partial charge in [0.25, 0.3) is 0 Å². The molecule has 0 saturated carbocycles. The van der Waals surface area contributed by atoms with Gasteiger partial charge in [0.05, 0.1) is 14.2 Å². The van der Waals surface area contributed by atoms with E-state index in [1.165, 1.54) is 62.8 Å². The Bertz CT molecular complexity index is 1350. The molecule has 0 unspecified atom stereocenters. The van der Waals surface area contributed by atoms with Crippen LogP contribution in [0, 0.1) is 0 Å². The summed E-state index contributed by atoms with van der Waals surface area (Å²) in [6.07, 6.45) is 0. The zero-order valence-electron chi connectivity index (χ0n) is 18.9. The Balaban J connectivity index is 2.27. The van der Waals surface area contributed by atoms with Crippen LogP contribution in [-0.4, -0.2) is 37.6 Å². The van der Waals surface area contributed by atoms with Crippen LogP contribution in [-0.2, 0) is 0 Å². The van der Waals surface area contributed by atoms with Crippen molar-refractivity contribution in [3.8, 4) is 11.5 Å². The number of hydrogen-bond donors (Lipinski definition) is 0. The van der Waals surface area contributed by atoms with Gasteiger partial charge in [-0.15, -0.1) is 0 Å². The van der Waals surface area contributed by atoms with Gasteiger partial charge in [-0.1, -0.05) is 0 Å². The van der Waals surface area contributed by atoms with Gasteiger partial charge in [0.15, 0.2) is 11.6 Å².